The van der Waals surface area contributed by atoms with Gasteiger partial charge in [0.25, 0.3) is 0 Å². The Labute approximate surface area is 121 Å². The van der Waals surface area contributed by atoms with Gasteiger partial charge in [-0.2, -0.15) is 0 Å². The number of hydrogen-bond acceptors (Lipinski definition) is 5. The standard InChI is InChI=1S/C14H27N3OS/c1-5-8-9-17(7-3)14-16-12(11-18-4)13(19-14)10-15-6-2/h15H,5-11H2,1-4H3. The average Bonchev–Trinajstić information content (AvgIpc) is 2.81. The van der Waals surface area contributed by atoms with Gasteiger partial charge in [-0.15, -0.1) is 11.3 Å². The summed E-state index contributed by atoms with van der Waals surface area (Å²) in [6.07, 6.45) is 2.44. The van der Waals surface area contributed by atoms with Crippen molar-refractivity contribution in [2.24, 2.45) is 0 Å². The third-order valence-electron chi connectivity index (χ3n) is 3.02. The Hall–Kier alpha value is -0.650. The van der Waals surface area contributed by atoms with E-state index in [1.54, 1.807) is 18.4 Å². The van der Waals surface area contributed by atoms with Gasteiger partial charge < -0.3 is 15.0 Å². The molecule has 0 saturated carbocycles. The predicted molar refractivity (Wildman–Crippen MR) is 83.0 cm³/mol. The minimum Gasteiger partial charge on any atom is -0.378 e. The second-order valence-corrected chi connectivity index (χ2v) is 5.57. The summed E-state index contributed by atoms with van der Waals surface area (Å²) >= 11 is 1.79. The van der Waals surface area contributed by atoms with Gasteiger partial charge >= 0.3 is 0 Å². The molecule has 5 heteroatoms. The Kier molecular flexibility index (Phi) is 8.02. The zero-order valence-corrected chi connectivity index (χ0v) is 13.5. The van der Waals surface area contributed by atoms with E-state index < -0.39 is 0 Å². The number of methoxy groups -OCH3 is 1. The fraction of sp³-hybridized carbons (Fsp3) is 0.786. The maximum Gasteiger partial charge on any atom is 0.185 e. The second kappa shape index (κ2) is 9.28. The number of nitrogens with zero attached hydrogens (tertiary/aromatic N) is 2. The Morgan fingerprint density at radius 2 is 2.11 bits per heavy atom. The average molecular weight is 285 g/mol. The van der Waals surface area contributed by atoms with Crippen molar-refractivity contribution in [2.75, 3.05) is 31.6 Å². The van der Waals surface area contributed by atoms with Crippen LogP contribution in [-0.2, 0) is 17.9 Å². The molecule has 110 valence electrons. The van der Waals surface area contributed by atoms with Gasteiger partial charge in [0.05, 0.1) is 12.3 Å². The van der Waals surface area contributed by atoms with Gasteiger partial charge in [0, 0.05) is 31.6 Å². The molecule has 1 aromatic heterocycles. The normalized spacial score (nSPS) is 10.9. The van der Waals surface area contributed by atoms with Gasteiger partial charge in [0.2, 0.25) is 0 Å². The van der Waals surface area contributed by atoms with Crippen LogP contribution in [0.25, 0.3) is 0 Å². The maximum absolute atomic E-state index is 5.25. The highest BCUT2D eigenvalue weighted by atomic mass is 32.1. The molecule has 1 rings (SSSR count). The summed E-state index contributed by atoms with van der Waals surface area (Å²) in [5, 5.41) is 4.51. The summed E-state index contributed by atoms with van der Waals surface area (Å²) < 4.78 is 5.25. The molecule has 0 saturated heterocycles. The monoisotopic (exact) mass is 285 g/mol. The number of thiazole rings is 1. The van der Waals surface area contributed by atoms with Crippen molar-refractivity contribution < 1.29 is 4.74 Å². The molecule has 0 amide bonds. The van der Waals surface area contributed by atoms with Gasteiger partial charge in [0.1, 0.15) is 0 Å². The minimum absolute atomic E-state index is 0.600. The van der Waals surface area contributed by atoms with Crippen molar-refractivity contribution in [3.8, 4) is 0 Å². The van der Waals surface area contributed by atoms with Crippen molar-refractivity contribution in [1.29, 1.82) is 0 Å². The molecule has 0 spiro atoms. The van der Waals surface area contributed by atoms with Gasteiger partial charge in [-0.25, -0.2) is 4.98 Å². The lowest BCUT2D eigenvalue weighted by Gasteiger charge is -2.19. The lowest BCUT2D eigenvalue weighted by Crippen LogP contribution is -2.23. The molecule has 0 radical (unpaired) electrons. The quantitative estimate of drug-likeness (QED) is 0.717. The number of unbranched alkanes of at least 4 members (excludes halogenated alkanes) is 1. The molecule has 4 nitrogen and oxygen atoms in total. The molecular formula is C14H27N3OS. The molecule has 0 fully saturated rings. The molecule has 0 atom stereocenters. The predicted octanol–water partition coefficient (Wildman–Crippen LogP) is 3.03. The first-order valence-corrected chi connectivity index (χ1v) is 8.01. The van der Waals surface area contributed by atoms with E-state index in [4.69, 9.17) is 9.72 Å². The Morgan fingerprint density at radius 1 is 1.32 bits per heavy atom. The number of hydrogen-bond donors (Lipinski definition) is 1. The van der Waals surface area contributed by atoms with E-state index in [0.717, 1.165) is 37.0 Å². The summed E-state index contributed by atoms with van der Waals surface area (Å²) in [5.74, 6) is 0. The highest BCUT2D eigenvalue weighted by molar-refractivity contribution is 7.15. The molecular weight excluding hydrogens is 258 g/mol. The zero-order valence-electron chi connectivity index (χ0n) is 12.7. The lowest BCUT2D eigenvalue weighted by molar-refractivity contribution is 0.181. The van der Waals surface area contributed by atoms with Crippen molar-refractivity contribution in [3.63, 3.8) is 0 Å². The van der Waals surface area contributed by atoms with Crippen LogP contribution in [0.5, 0.6) is 0 Å². The molecule has 0 aliphatic carbocycles. The SMILES string of the molecule is CCCCN(CC)c1nc(COC)c(CNCC)s1. The number of aromatic nitrogens is 1. The van der Waals surface area contributed by atoms with Crippen LogP contribution in [0.2, 0.25) is 0 Å². The molecule has 0 unspecified atom stereocenters. The topological polar surface area (TPSA) is 37.4 Å². The molecule has 1 N–H and O–H groups in total. The fourth-order valence-electron chi connectivity index (χ4n) is 1.87. The van der Waals surface area contributed by atoms with Gasteiger partial charge in [-0.1, -0.05) is 20.3 Å². The van der Waals surface area contributed by atoms with Crippen LogP contribution < -0.4 is 10.2 Å². The molecule has 0 bridgehead atoms. The highest BCUT2D eigenvalue weighted by Gasteiger charge is 2.14. The van der Waals surface area contributed by atoms with Crippen molar-refractivity contribution in [3.05, 3.63) is 10.6 Å². The largest absolute Gasteiger partial charge is 0.378 e. The fourth-order valence-corrected chi connectivity index (χ4v) is 2.99. The second-order valence-electron chi connectivity index (χ2n) is 4.51. The molecule has 1 aromatic rings. The van der Waals surface area contributed by atoms with Crippen molar-refractivity contribution in [2.45, 2.75) is 46.8 Å². The van der Waals surface area contributed by atoms with Crippen LogP contribution in [-0.4, -0.2) is 31.7 Å². The summed E-state index contributed by atoms with van der Waals surface area (Å²) in [7, 11) is 1.73. The first-order valence-electron chi connectivity index (χ1n) is 7.19. The van der Waals surface area contributed by atoms with Crippen molar-refractivity contribution in [1.82, 2.24) is 10.3 Å². The summed E-state index contributed by atoms with van der Waals surface area (Å²) in [5.41, 5.74) is 1.08. The smallest absolute Gasteiger partial charge is 0.185 e. The van der Waals surface area contributed by atoms with E-state index in [1.165, 1.54) is 17.7 Å². The Balaban J connectivity index is 2.81. The summed E-state index contributed by atoms with van der Waals surface area (Å²) in [4.78, 5) is 8.42. The van der Waals surface area contributed by atoms with E-state index in [1.807, 2.05) is 0 Å². The highest BCUT2D eigenvalue weighted by Crippen LogP contribution is 2.27. The number of ether oxygens (including phenoxy) is 1. The van der Waals surface area contributed by atoms with Crippen LogP contribution in [0.3, 0.4) is 0 Å². The van der Waals surface area contributed by atoms with Crippen LogP contribution >= 0.6 is 11.3 Å². The van der Waals surface area contributed by atoms with E-state index >= 15 is 0 Å². The summed E-state index contributed by atoms with van der Waals surface area (Å²) in [6.45, 7) is 11.1. The molecule has 1 heterocycles. The van der Waals surface area contributed by atoms with Crippen molar-refractivity contribution >= 4 is 16.5 Å². The van der Waals surface area contributed by atoms with Gasteiger partial charge in [-0.05, 0) is 19.9 Å². The van der Waals surface area contributed by atoms with Crippen LogP contribution in [0, 0.1) is 0 Å². The van der Waals surface area contributed by atoms with Gasteiger partial charge in [0.15, 0.2) is 5.13 Å². The first-order chi connectivity index (χ1) is 9.26. The number of nitrogens with one attached hydrogen (secondary N) is 1. The molecule has 0 aliphatic rings. The molecule has 0 aromatic carbocycles. The lowest BCUT2D eigenvalue weighted by atomic mass is 10.3. The first kappa shape index (κ1) is 16.4. The van der Waals surface area contributed by atoms with Crippen LogP contribution in [0.1, 0.15) is 44.2 Å². The Bertz CT molecular complexity index is 354. The van der Waals surface area contributed by atoms with Gasteiger partial charge in [-0.3, -0.25) is 0 Å². The molecule has 0 aliphatic heterocycles. The third kappa shape index (κ3) is 5.09. The van der Waals surface area contributed by atoms with E-state index in [9.17, 15) is 0 Å². The van der Waals surface area contributed by atoms with E-state index in [-0.39, 0.29) is 0 Å². The summed E-state index contributed by atoms with van der Waals surface area (Å²) in [6, 6.07) is 0. The number of anilines is 1. The molecule has 19 heavy (non-hydrogen) atoms. The third-order valence-corrected chi connectivity index (χ3v) is 4.18. The van der Waals surface area contributed by atoms with E-state index in [2.05, 4.69) is 31.0 Å². The maximum atomic E-state index is 5.25. The minimum atomic E-state index is 0.600. The Morgan fingerprint density at radius 3 is 2.68 bits per heavy atom. The van der Waals surface area contributed by atoms with Crippen LogP contribution in [0.4, 0.5) is 5.13 Å². The van der Waals surface area contributed by atoms with Crippen LogP contribution in [0.15, 0.2) is 0 Å². The van der Waals surface area contributed by atoms with E-state index in [0.29, 0.717) is 6.61 Å². The number of rotatable bonds is 10. The zero-order chi connectivity index (χ0) is 14.1.